The smallest absolute Gasteiger partial charge is 0.231 e. The Hall–Kier alpha value is -3.78. The van der Waals surface area contributed by atoms with Crippen molar-refractivity contribution in [2.24, 2.45) is 0 Å². The molecular weight excluding hydrogens is 394 g/mol. The van der Waals surface area contributed by atoms with Crippen molar-refractivity contribution in [2.75, 3.05) is 21.0 Å². The van der Waals surface area contributed by atoms with E-state index in [1.807, 2.05) is 65.7 Å². The summed E-state index contributed by atoms with van der Waals surface area (Å²) >= 11 is 0. The zero-order valence-electron chi connectivity index (χ0n) is 17.4. The number of aromatic amines is 1. The highest BCUT2D eigenvalue weighted by Crippen LogP contribution is 2.36. The molecule has 0 amide bonds. The maximum atomic E-state index is 5.51. The second kappa shape index (κ2) is 8.16. The van der Waals surface area contributed by atoms with Gasteiger partial charge in [0.1, 0.15) is 5.75 Å². The number of methoxy groups -OCH3 is 1. The van der Waals surface area contributed by atoms with Gasteiger partial charge in [-0.1, -0.05) is 6.07 Å². The molecule has 3 heterocycles. The average Bonchev–Trinajstić information content (AvgIpc) is 3.54. The molecule has 4 aromatic rings. The Bertz CT molecular complexity index is 1200. The highest BCUT2D eigenvalue weighted by Gasteiger charge is 2.17. The molecule has 31 heavy (non-hydrogen) atoms. The Labute approximate surface area is 180 Å². The third-order valence-electron chi connectivity index (χ3n) is 5.23. The van der Waals surface area contributed by atoms with E-state index in [0.717, 1.165) is 58.4 Å². The summed E-state index contributed by atoms with van der Waals surface area (Å²) in [6.07, 6.45) is 5.81. The number of ether oxygens (including phenoxy) is 3. The van der Waals surface area contributed by atoms with Crippen molar-refractivity contribution in [3.8, 4) is 34.2 Å². The number of H-pyrrole nitrogens is 1. The molecular formula is C23H23N5O3. The van der Waals surface area contributed by atoms with Crippen molar-refractivity contribution in [2.45, 2.75) is 13.1 Å². The first-order valence-corrected chi connectivity index (χ1v) is 9.98. The first kappa shape index (κ1) is 19.2. The van der Waals surface area contributed by atoms with E-state index >= 15 is 0 Å². The minimum Gasteiger partial charge on any atom is -0.497 e. The van der Waals surface area contributed by atoms with Crippen LogP contribution in [0.25, 0.3) is 16.9 Å². The van der Waals surface area contributed by atoms with E-state index in [-0.39, 0.29) is 6.79 Å². The molecule has 2 aromatic heterocycles. The standard InChI is InChI=1S/C23H23N5O3/c1-27(12-16-10-25-28(13-16)19-4-3-5-20(9-19)29-2)14-18-11-24-26-23(18)17-6-7-21-22(8-17)31-15-30-21/h3-11,13H,12,14-15H2,1-2H3,(H,24,26). The molecule has 1 aliphatic heterocycles. The summed E-state index contributed by atoms with van der Waals surface area (Å²) in [7, 11) is 3.75. The first-order chi connectivity index (χ1) is 15.2. The molecule has 1 N–H and O–H groups in total. The van der Waals surface area contributed by atoms with Gasteiger partial charge >= 0.3 is 0 Å². The highest BCUT2D eigenvalue weighted by atomic mass is 16.7. The lowest BCUT2D eigenvalue weighted by atomic mass is 10.1. The SMILES string of the molecule is COc1cccc(-n2cc(CN(C)Cc3cn[nH]c3-c3ccc4c(c3)OCO4)cn2)c1. The number of hydrogen-bond acceptors (Lipinski definition) is 6. The Balaban J connectivity index is 1.28. The van der Waals surface area contributed by atoms with Crippen molar-refractivity contribution in [1.82, 2.24) is 24.9 Å². The van der Waals surface area contributed by atoms with Crippen molar-refractivity contribution in [3.63, 3.8) is 0 Å². The Kier molecular flexibility index (Phi) is 5.05. The van der Waals surface area contributed by atoms with E-state index in [0.29, 0.717) is 0 Å². The van der Waals surface area contributed by atoms with E-state index in [2.05, 4.69) is 27.2 Å². The molecule has 158 valence electrons. The molecule has 0 spiro atoms. The van der Waals surface area contributed by atoms with Gasteiger partial charge in [0.2, 0.25) is 6.79 Å². The lowest BCUT2D eigenvalue weighted by molar-refractivity contribution is 0.174. The zero-order valence-corrected chi connectivity index (χ0v) is 17.4. The minimum absolute atomic E-state index is 0.265. The fraction of sp³-hybridized carbons (Fsp3) is 0.217. The summed E-state index contributed by atoms with van der Waals surface area (Å²) < 4.78 is 18.1. The second-order valence-electron chi connectivity index (χ2n) is 7.51. The van der Waals surface area contributed by atoms with Gasteiger partial charge < -0.3 is 14.2 Å². The van der Waals surface area contributed by atoms with Crippen LogP contribution < -0.4 is 14.2 Å². The third-order valence-corrected chi connectivity index (χ3v) is 5.23. The Morgan fingerprint density at radius 2 is 2.00 bits per heavy atom. The number of nitrogens with zero attached hydrogens (tertiary/aromatic N) is 4. The van der Waals surface area contributed by atoms with Crippen LogP contribution in [0, 0.1) is 0 Å². The molecule has 0 saturated carbocycles. The zero-order chi connectivity index (χ0) is 21.2. The molecule has 0 saturated heterocycles. The summed E-state index contributed by atoms with van der Waals surface area (Å²) in [4.78, 5) is 2.23. The molecule has 0 fully saturated rings. The lowest BCUT2D eigenvalue weighted by Crippen LogP contribution is -2.17. The average molecular weight is 417 g/mol. The van der Waals surface area contributed by atoms with Gasteiger partial charge in [-0.15, -0.1) is 0 Å². The maximum Gasteiger partial charge on any atom is 0.231 e. The third kappa shape index (κ3) is 3.97. The van der Waals surface area contributed by atoms with Crippen molar-refractivity contribution >= 4 is 0 Å². The summed E-state index contributed by atoms with van der Waals surface area (Å²) in [5.41, 5.74) is 5.21. The molecule has 2 aromatic carbocycles. The second-order valence-corrected chi connectivity index (χ2v) is 7.51. The minimum atomic E-state index is 0.265. The van der Waals surface area contributed by atoms with Crippen LogP contribution in [-0.2, 0) is 13.1 Å². The fourth-order valence-corrected chi connectivity index (χ4v) is 3.73. The largest absolute Gasteiger partial charge is 0.497 e. The summed E-state index contributed by atoms with van der Waals surface area (Å²) in [6, 6.07) is 13.8. The van der Waals surface area contributed by atoms with Gasteiger partial charge in [-0.25, -0.2) is 4.68 Å². The number of fused-ring (bicyclic) bond motifs is 1. The highest BCUT2D eigenvalue weighted by molar-refractivity contribution is 5.66. The van der Waals surface area contributed by atoms with E-state index in [1.54, 1.807) is 7.11 Å². The van der Waals surface area contributed by atoms with Crippen molar-refractivity contribution in [3.05, 3.63) is 72.2 Å². The predicted molar refractivity (Wildman–Crippen MR) is 115 cm³/mol. The molecule has 0 radical (unpaired) electrons. The number of nitrogens with one attached hydrogen (secondary N) is 1. The Morgan fingerprint density at radius 1 is 1.10 bits per heavy atom. The quantitative estimate of drug-likeness (QED) is 0.495. The summed E-state index contributed by atoms with van der Waals surface area (Å²) in [5.74, 6) is 2.34. The monoisotopic (exact) mass is 417 g/mol. The summed E-state index contributed by atoms with van der Waals surface area (Å²) in [5, 5.41) is 11.9. The van der Waals surface area contributed by atoms with Gasteiger partial charge in [0.15, 0.2) is 11.5 Å². The van der Waals surface area contributed by atoms with Gasteiger partial charge in [-0.2, -0.15) is 10.2 Å². The van der Waals surface area contributed by atoms with Crippen LogP contribution in [0.3, 0.4) is 0 Å². The first-order valence-electron chi connectivity index (χ1n) is 9.98. The van der Waals surface area contributed by atoms with E-state index in [9.17, 15) is 0 Å². The molecule has 1 aliphatic rings. The number of hydrogen-bond donors (Lipinski definition) is 1. The van der Waals surface area contributed by atoms with Gasteiger partial charge in [0.25, 0.3) is 0 Å². The lowest BCUT2D eigenvalue weighted by Gasteiger charge is -2.15. The van der Waals surface area contributed by atoms with E-state index in [4.69, 9.17) is 14.2 Å². The number of aromatic nitrogens is 4. The molecule has 8 heteroatoms. The van der Waals surface area contributed by atoms with Gasteiger partial charge in [-0.3, -0.25) is 10.00 Å². The van der Waals surface area contributed by atoms with Gasteiger partial charge in [-0.05, 0) is 37.4 Å². The topological polar surface area (TPSA) is 77.4 Å². The maximum absolute atomic E-state index is 5.51. The molecule has 0 aliphatic carbocycles. The fourth-order valence-electron chi connectivity index (χ4n) is 3.73. The molecule has 8 nitrogen and oxygen atoms in total. The van der Waals surface area contributed by atoms with E-state index in [1.165, 1.54) is 0 Å². The van der Waals surface area contributed by atoms with Crippen molar-refractivity contribution in [1.29, 1.82) is 0 Å². The van der Waals surface area contributed by atoms with E-state index < -0.39 is 0 Å². The van der Waals surface area contributed by atoms with Crippen LogP contribution in [0.5, 0.6) is 17.2 Å². The predicted octanol–water partition coefficient (Wildman–Crippen LogP) is 3.63. The number of benzene rings is 2. The van der Waals surface area contributed by atoms with Gasteiger partial charge in [0.05, 0.1) is 30.9 Å². The normalized spacial score (nSPS) is 12.5. The number of rotatable bonds is 7. The van der Waals surface area contributed by atoms with Crippen LogP contribution in [-0.4, -0.2) is 45.8 Å². The van der Waals surface area contributed by atoms with Crippen molar-refractivity contribution < 1.29 is 14.2 Å². The van der Waals surface area contributed by atoms with Crippen LogP contribution in [0.4, 0.5) is 0 Å². The molecule has 0 atom stereocenters. The van der Waals surface area contributed by atoms with Crippen LogP contribution in [0.2, 0.25) is 0 Å². The molecule has 5 rings (SSSR count). The molecule has 0 bridgehead atoms. The summed E-state index contributed by atoms with van der Waals surface area (Å²) in [6.45, 7) is 1.77. The van der Waals surface area contributed by atoms with Gasteiger partial charge in [0, 0.05) is 42.0 Å². The van der Waals surface area contributed by atoms with Crippen LogP contribution in [0.1, 0.15) is 11.1 Å². The van der Waals surface area contributed by atoms with Crippen LogP contribution in [0.15, 0.2) is 61.1 Å². The van der Waals surface area contributed by atoms with Crippen LogP contribution >= 0.6 is 0 Å². The Morgan fingerprint density at radius 3 is 2.90 bits per heavy atom. The molecule has 0 unspecified atom stereocenters.